The minimum atomic E-state index is -3.83. The van der Waals surface area contributed by atoms with E-state index in [9.17, 15) is 13.2 Å². The monoisotopic (exact) mass is 423 g/mol. The van der Waals surface area contributed by atoms with Crippen LogP contribution in [-0.4, -0.2) is 25.4 Å². The first-order valence-electron chi connectivity index (χ1n) is 8.46. The molecule has 0 saturated carbocycles. The summed E-state index contributed by atoms with van der Waals surface area (Å²) >= 11 is 2.98. The van der Waals surface area contributed by atoms with Crippen molar-refractivity contribution in [3.8, 4) is 0 Å². The number of benzene rings is 1. The standard InChI is InChI=1S/C18H21N3O3S3/c1-11(2)17(18(22)19-10-13-5-4-8-25-13)21-27(23,24)14-6-7-15-16(9-14)26-12(3)20-15/h4-9,11,17,21H,10H2,1-3H3,(H,19,22)/t17-/m1/s1. The van der Waals surface area contributed by atoms with Gasteiger partial charge in [-0.3, -0.25) is 4.79 Å². The van der Waals surface area contributed by atoms with E-state index in [2.05, 4.69) is 15.0 Å². The summed E-state index contributed by atoms with van der Waals surface area (Å²) in [5.41, 5.74) is 0.769. The van der Waals surface area contributed by atoms with Crippen LogP contribution in [0.4, 0.5) is 0 Å². The number of aromatic nitrogens is 1. The lowest BCUT2D eigenvalue weighted by molar-refractivity contribution is -0.123. The molecule has 1 amide bonds. The number of amides is 1. The smallest absolute Gasteiger partial charge is 0.241 e. The fraction of sp³-hybridized carbons (Fsp3) is 0.333. The highest BCUT2D eigenvalue weighted by Crippen LogP contribution is 2.25. The second kappa shape index (κ2) is 8.05. The van der Waals surface area contributed by atoms with Crippen molar-refractivity contribution >= 4 is 48.8 Å². The van der Waals surface area contributed by atoms with Crippen molar-refractivity contribution < 1.29 is 13.2 Å². The van der Waals surface area contributed by atoms with Gasteiger partial charge in [-0.05, 0) is 42.5 Å². The molecule has 0 radical (unpaired) electrons. The van der Waals surface area contributed by atoms with Crippen molar-refractivity contribution in [2.45, 2.75) is 38.3 Å². The lowest BCUT2D eigenvalue weighted by Gasteiger charge is -2.21. The normalized spacial score (nSPS) is 13.2. The van der Waals surface area contributed by atoms with Gasteiger partial charge in [0.25, 0.3) is 0 Å². The van der Waals surface area contributed by atoms with E-state index in [0.717, 1.165) is 20.1 Å². The quantitative estimate of drug-likeness (QED) is 0.610. The molecule has 1 atom stereocenters. The summed E-state index contributed by atoms with van der Waals surface area (Å²) in [4.78, 5) is 18.1. The largest absolute Gasteiger partial charge is 0.350 e. The Kier molecular flexibility index (Phi) is 5.95. The molecule has 3 aromatic rings. The molecule has 144 valence electrons. The fourth-order valence-electron chi connectivity index (χ4n) is 2.61. The van der Waals surface area contributed by atoms with E-state index in [1.165, 1.54) is 28.7 Å². The van der Waals surface area contributed by atoms with E-state index in [1.807, 2.05) is 38.3 Å². The molecule has 2 heterocycles. The first kappa shape index (κ1) is 19.9. The van der Waals surface area contributed by atoms with Crippen molar-refractivity contribution in [3.63, 3.8) is 0 Å². The molecular formula is C18H21N3O3S3. The number of hydrogen-bond acceptors (Lipinski definition) is 6. The summed E-state index contributed by atoms with van der Waals surface area (Å²) in [6.07, 6.45) is 0. The van der Waals surface area contributed by atoms with Crippen LogP contribution in [0, 0.1) is 12.8 Å². The van der Waals surface area contributed by atoms with Gasteiger partial charge in [-0.1, -0.05) is 19.9 Å². The van der Waals surface area contributed by atoms with E-state index in [1.54, 1.807) is 12.1 Å². The molecule has 6 nitrogen and oxygen atoms in total. The van der Waals surface area contributed by atoms with Crippen LogP contribution < -0.4 is 10.0 Å². The highest BCUT2D eigenvalue weighted by atomic mass is 32.2. The molecule has 0 unspecified atom stereocenters. The Hall–Kier alpha value is -1.81. The number of nitrogens with zero attached hydrogens (tertiary/aromatic N) is 1. The van der Waals surface area contributed by atoms with Gasteiger partial charge < -0.3 is 5.32 Å². The summed E-state index contributed by atoms with van der Waals surface area (Å²) in [6, 6.07) is 7.79. The lowest BCUT2D eigenvalue weighted by Crippen LogP contribution is -2.49. The van der Waals surface area contributed by atoms with Crippen molar-refractivity contribution in [3.05, 3.63) is 45.6 Å². The topological polar surface area (TPSA) is 88.2 Å². The van der Waals surface area contributed by atoms with Crippen LogP contribution in [0.25, 0.3) is 10.2 Å². The molecule has 0 aliphatic heterocycles. The second-order valence-electron chi connectivity index (χ2n) is 6.50. The molecule has 27 heavy (non-hydrogen) atoms. The third kappa shape index (κ3) is 4.73. The molecule has 3 rings (SSSR count). The number of fused-ring (bicyclic) bond motifs is 1. The molecule has 0 bridgehead atoms. The van der Waals surface area contributed by atoms with E-state index >= 15 is 0 Å². The molecular weight excluding hydrogens is 402 g/mol. The SMILES string of the molecule is Cc1nc2ccc(S(=O)(=O)N[C@@H](C(=O)NCc3cccs3)C(C)C)cc2s1. The molecule has 9 heteroatoms. The Bertz CT molecular complexity index is 1040. The van der Waals surface area contributed by atoms with Crippen LogP contribution in [0.2, 0.25) is 0 Å². The molecule has 0 saturated heterocycles. The maximum atomic E-state index is 12.8. The molecule has 0 aliphatic carbocycles. The van der Waals surface area contributed by atoms with Gasteiger partial charge in [0.2, 0.25) is 15.9 Å². The Morgan fingerprint density at radius 3 is 2.70 bits per heavy atom. The summed E-state index contributed by atoms with van der Waals surface area (Å²) < 4.78 is 29.0. The molecule has 1 aromatic carbocycles. The molecule has 2 N–H and O–H groups in total. The fourth-order valence-corrected chi connectivity index (χ4v) is 5.57. The average Bonchev–Trinajstić information content (AvgIpc) is 3.24. The summed E-state index contributed by atoms with van der Waals surface area (Å²) in [7, 11) is -3.83. The van der Waals surface area contributed by atoms with E-state index in [0.29, 0.717) is 6.54 Å². The van der Waals surface area contributed by atoms with E-state index in [-0.39, 0.29) is 16.7 Å². The van der Waals surface area contributed by atoms with Crippen LogP contribution >= 0.6 is 22.7 Å². The number of carbonyl (C=O) groups excluding carboxylic acids is 1. The van der Waals surface area contributed by atoms with Gasteiger partial charge in [0.05, 0.1) is 26.7 Å². The van der Waals surface area contributed by atoms with E-state index < -0.39 is 16.1 Å². The van der Waals surface area contributed by atoms with Crippen molar-refractivity contribution in [2.75, 3.05) is 0 Å². The Labute approximate surface area is 166 Å². The van der Waals surface area contributed by atoms with Crippen LogP contribution in [0.3, 0.4) is 0 Å². The zero-order valence-corrected chi connectivity index (χ0v) is 17.7. The predicted octanol–water partition coefficient (Wildman–Crippen LogP) is 3.29. The van der Waals surface area contributed by atoms with Crippen molar-refractivity contribution in [2.24, 2.45) is 5.92 Å². The zero-order chi connectivity index (χ0) is 19.6. The Morgan fingerprint density at radius 2 is 2.04 bits per heavy atom. The van der Waals surface area contributed by atoms with Crippen LogP contribution in [0.5, 0.6) is 0 Å². The first-order valence-corrected chi connectivity index (χ1v) is 11.6. The highest BCUT2D eigenvalue weighted by molar-refractivity contribution is 7.89. The van der Waals surface area contributed by atoms with Gasteiger partial charge in [0.1, 0.15) is 6.04 Å². The molecule has 2 aromatic heterocycles. The third-order valence-corrected chi connectivity index (χ3v) is 7.27. The number of sulfonamides is 1. The number of carbonyl (C=O) groups is 1. The van der Waals surface area contributed by atoms with E-state index in [4.69, 9.17) is 0 Å². The number of nitrogens with one attached hydrogen (secondary N) is 2. The van der Waals surface area contributed by atoms with Gasteiger partial charge in [-0.2, -0.15) is 4.72 Å². The maximum Gasteiger partial charge on any atom is 0.241 e. The van der Waals surface area contributed by atoms with Crippen LogP contribution in [0.1, 0.15) is 23.7 Å². The Balaban J connectivity index is 1.77. The number of thiophene rings is 1. The summed E-state index contributed by atoms with van der Waals surface area (Å²) in [6.45, 7) is 5.89. The number of rotatable bonds is 7. The predicted molar refractivity (Wildman–Crippen MR) is 109 cm³/mol. The first-order chi connectivity index (χ1) is 12.8. The minimum absolute atomic E-state index is 0.135. The summed E-state index contributed by atoms with van der Waals surface area (Å²) in [5.74, 6) is -0.533. The highest BCUT2D eigenvalue weighted by Gasteiger charge is 2.28. The van der Waals surface area contributed by atoms with Gasteiger partial charge in [-0.25, -0.2) is 13.4 Å². The molecule has 0 aliphatic rings. The lowest BCUT2D eigenvalue weighted by atomic mass is 10.1. The minimum Gasteiger partial charge on any atom is -0.350 e. The van der Waals surface area contributed by atoms with Gasteiger partial charge in [0.15, 0.2) is 0 Å². The number of aryl methyl sites for hydroxylation is 1. The maximum absolute atomic E-state index is 12.8. The molecule has 0 fully saturated rings. The summed E-state index contributed by atoms with van der Waals surface area (Å²) in [5, 5.41) is 5.62. The zero-order valence-electron chi connectivity index (χ0n) is 15.2. The van der Waals surface area contributed by atoms with Gasteiger partial charge in [-0.15, -0.1) is 22.7 Å². The number of hydrogen-bond donors (Lipinski definition) is 2. The van der Waals surface area contributed by atoms with Crippen molar-refractivity contribution in [1.29, 1.82) is 0 Å². The molecule has 0 spiro atoms. The van der Waals surface area contributed by atoms with Crippen molar-refractivity contribution in [1.82, 2.24) is 15.0 Å². The number of thiazole rings is 1. The third-order valence-electron chi connectivity index (χ3n) is 4.03. The van der Waals surface area contributed by atoms with Gasteiger partial charge in [0, 0.05) is 4.88 Å². The average molecular weight is 424 g/mol. The van der Waals surface area contributed by atoms with Crippen LogP contribution in [0.15, 0.2) is 40.6 Å². The van der Waals surface area contributed by atoms with Crippen LogP contribution in [-0.2, 0) is 21.4 Å². The van der Waals surface area contributed by atoms with Gasteiger partial charge >= 0.3 is 0 Å². The second-order valence-corrected chi connectivity index (χ2v) is 10.5. The Morgan fingerprint density at radius 1 is 1.26 bits per heavy atom.